The molecule has 1 aliphatic heterocycles. The van der Waals surface area contributed by atoms with Gasteiger partial charge in [0.2, 0.25) is 5.91 Å². The molecule has 1 saturated heterocycles. The van der Waals surface area contributed by atoms with Crippen molar-refractivity contribution in [2.45, 2.75) is 20.0 Å². The Kier molecular flexibility index (Phi) is 6.12. The predicted molar refractivity (Wildman–Crippen MR) is 110 cm³/mol. The molecule has 1 aliphatic rings. The highest BCUT2D eigenvalue weighted by Gasteiger charge is 2.36. The zero-order valence-corrected chi connectivity index (χ0v) is 17.2. The molecular weight excluding hydrogens is 433 g/mol. The average molecular weight is 450 g/mol. The third kappa shape index (κ3) is 5.08. The quantitative estimate of drug-likeness (QED) is 0.660. The first kappa shape index (κ1) is 22.4. The molecule has 2 N–H and O–H groups in total. The van der Waals surface area contributed by atoms with Gasteiger partial charge in [0.15, 0.2) is 0 Å². The van der Waals surface area contributed by atoms with Crippen LogP contribution < -0.4 is 5.32 Å². The van der Waals surface area contributed by atoms with Gasteiger partial charge in [-0.2, -0.15) is 13.2 Å². The summed E-state index contributed by atoms with van der Waals surface area (Å²) in [5, 5.41) is 11.4. The van der Waals surface area contributed by atoms with Crippen molar-refractivity contribution in [3.05, 3.63) is 63.6 Å². The fraction of sp³-hybridized carbons (Fsp3) is 0.190. The van der Waals surface area contributed by atoms with Crippen LogP contribution in [0.15, 0.2) is 41.3 Å². The van der Waals surface area contributed by atoms with Gasteiger partial charge < -0.3 is 10.4 Å². The first-order valence-corrected chi connectivity index (χ1v) is 9.80. The Morgan fingerprint density at radius 1 is 1.16 bits per heavy atom. The third-order valence-electron chi connectivity index (χ3n) is 4.46. The summed E-state index contributed by atoms with van der Waals surface area (Å²) in [6.07, 6.45) is -3.09. The highest BCUT2D eigenvalue weighted by molar-refractivity contribution is 8.18. The van der Waals surface area contributed by atoms with Gasteiger partial charge in [-0.15, -0.1) is 0 Å². The second-order valence-electron chi connectivity index (χ2n) is 6.90. The van der Waals surface area contributed by atoms with E-state index in [4.69, 9.17) is 0 Å². The molecule has 0 atom stereocenters. The summed E-state index contributed by atoms with van der Waals surface area (Å²) in [6.45, 7) is 2.76. The smallest absolute Gasteiger partial charge is 0.416 e. The molecular formula is C21H17F3N2O4S. The van der Waals surface area contributed by atoms with E-state index in [-0.39, 0.29) is 16.3 Å². The van der Waals surface area contributed by atoms with Crippen LogP contribution >= 0.6 is 11.8 Å². The Labute approximate surface area is 179 Å². The summed E-state index contributed by atoms with van der Waals surface area (Å²) in [6, 6.07) is 7.34. The largest absolute Gasteiger partial charge is 0.507 e. The molecule has 10 heteroatoms. The minimum atomic E-state index is -4.57. The van der Waals surface area contributed by atoms with Gasteiger partial charge in [0.05, 0.1) is 10.5 Å². The van der Waals surface area contributed by atoms with Crippen LogP contribution in [-0.2, 0) is 15.8 Å². The molecule has 1 heterocycles. The van der Waals surface area contributed by atoms with Crippen LogP contribution in [0.1, 0.15) is 22.3 Å². The van der Waals surface area contributed by atoms with Gasteiger partial charge in [0.25, 0.3) is 11.1 Å². The van der Waals surface area contributed by atoms with Crippen molar-refractivity contribution in [1.29, 1.82) is 0 Å². The van der Waals surface area contributed by atoms with Crippen LogP contribution in [0.4, 0.5) is 23.7 Å². The number of carbonyl (C=O) groups is 3. The summed E-state index contributed by atoms with van der Waals surface area (Å²) < 4.78 is 38.4. The summed E-state index contributed by atoms with van der Waals surface area (Å²) in [5.41, 5.74) is 0.778. The molecule has 0 bridgehead atoms. The number of carbonyl (C=O) groups excluding carboxylic acids is 3. The number of nitrogens with zero attached hydrogens (tertiary/aromatic N) is 1. The highest BCUT2D eigenvalue weighted by Crippen LogP contribution is 2.34. The van der Waals surface area contributed by atoms with Crippen LogP contribution in [0.3, 0.4) is 0 Å². The molecule has 0 unspecified atom stereocenters. The van der Waals surface area contributed by atoms with E-state index >= 15 is 0 Å². The van der Waals surface area contributed by atoms with E-state index in [0.29, 0.717) is 28.5 Å². The third-order valence-corrected chi connectivity index (χ3v) is 5.37. The molecule has 0 spiro atoms. The minimum Gasteiger partial charge on any atom is -0.507 e. The lowest BCUT2D eigenvalue weighted by molar-refractivity contribution is -0.137. The highest BCUT2D eigenvalue weighted by atomic mass is 32.2. The summed E-state index contributed by atoms with van der Waals surface area (Å²) >= 11 is 0.654. The molecule has 0 aliphatic carbocycles. The van der Waals surface area contributed by atoms with Crippen molar-refractivity contribution in [1.82, 2.24) is 4.90 Å². The van der Waals surface area contributed by atoms with Crippen LogP contribution in [0.25, 0.3) is 6.08 Å². The number of phenolic OH excluding ortho intramolecular Hbond substituents is 1. The van der Waals surface area contributed by atoms with Gasteiger partial charge in [-0.1, -0.05) is 6.07 Å². The number of thioether (sulfide) groups is 1. The molecule has 6 nitrogen and oxygen atoms in total. The summed E-state index contributed by atoms with van der Waals surface area (Å²) in [7, 11) is 0. The molecule has 31 heavy (non-hydrogen) atoms. The number of aryl methyl sites for hydroxylation is 2. The van der Waals surface area contributed by atoms with Crippen LogP contribution in [0.2, 0.25) is 0 Å². The molecule has 2 aromatic rings. The minimum absolute atomic E-state index is 0.0985. The fourth-order valence-electron chi connectivity index (χ4n) is 2.98. The van der Waals surface area contributed by atoms with Gasteiger partial charge in [-0.25, -0.2) is 0 Å². The van der Waals surface area contributed by atoms with Gasteiger partial charge in [0, 0.05) is 5.69 Å². The molecule has 3 rings (SSSR count). The molecule has 0 saturated carbocycles. The second-order valence-corrected chi connectivity index (χ2v) is 7.89. The van der Waals surface area contributed by atoms with Crippen molar-refractivity contribution in [3.63, 3.8) is 0 Å². The SMILES string of the molecule is Cc1cc(/C=C2\SC(=O)N(CC(=O)Nc3cccc(C(F)(F)F)c3)C2=O)cc(C)c1O. The number of alkyl halides is 3. The van der Waals surface area contributed by atoms with Gasteiger partial charge in [-0.05, 0) is 78.7 Å². The zero-order chi connectivity index (χ0) is 22.9. The summed E-state index contributed by atoms with van der Waals surface area (Å²) in [5.74, 6) is -1.35. The number of halogens is 3. The number of aromatic hydroxyl groups is 1. The average Bonchev–Trinajstić information content (AvgIpc) is 2.93. The number of amides is 3. The van der Waals surface area contributed by atoms with E-state index in [2.05, 4.69) is 5.32 Å². The lowest BCUT2D eigenvalue weighted by atomic mass is 10.1. The number of phenols is 1. The number of hydrogen-bond acceptors (Lipinski definition) is 5. The van der Waals surface area contributed by atoms with Gasteiger partial charge in [-0.3, -0.25) is 19.3 Å². The first-order valence-electron chi connectivity index (χ1n) is 8.98. The first-order chi connectivity index (χ1) is 14.5. The Hall–Kier alpha value is -3.27. The van der Waals surface area contributed by atoms with E-state index in [1.165, 1.54) is 12.1 Å². The van der Waals surface area contributed by atoms with E-state index in [1.807, 2.05) is 0 Å². The Morgan fingerprint density at radius 3 is 2.42 bits per heavy atom. The molecule has 0 radical (unpaired) electrons. The molecule has 0 aromatic heterocycles. The second kappa shape index (κ2) is 8.46. The van der Waals surface area contributed by atoms with Crippen molar-refractivity contribution in [2.75, 3.05) is 11.9 Å². The maximum absolute atomic E-state index is 12.8. The number of nitrogens with one attached hydrogen (secondary N) is 1. The predicted octanol–water partition coefficient (Wildman–Crippen LogP) is 4.70. The van der Waals surface area contributed by atoms with Gasteiger partial charge >= 0.3 is 6.18 Å². The number of hydrogen-bond donors (Lipinski definition) is 2. The van der Waals surface area contributed by atoms with Crippen LogP contribution in [-0.4, -0.2) is 33.6 Å². The van der Waals surface area contributed by atoms with Crippen LogP contribution in [0.5, 0.6) is 5.75 Å². The van der Waals surface area contributed by atoms with Crippen molar-refractivity contribution in [2.24, 2.45) is 0 Å². The lowest BCUT2D eigenvalue weighted by Crippen LogP contribution is -2.36. The molecule has 162 valence electrons. The van der Waals surface area contributed by atoms with E-state index in [0.717, 1.165) is 23.1 Å². The normalized spacial score (nSPS) is 15.6. The van der Waals surface area contributed by atoms with Crippen molar-refractivity contribution in [3.8, 4) is 5.75 Å². The summed E-state index contributed by atoms with van der Waals surface area (Å²) in [4.78, 5) is 37.8. The van der Waals surface area contributed by atoms with E-state index in [9.17, 15) is 32.7 Å². The zero-order valence-electron chi connectivity index (χ0n) is 16.4. The Morgan fingerprint density at radius 2 is 1.81 bits per heavy atom. The maximum atomic E-state index is 12.8. The number of rotatable bonds is 4. The maximum Gasteiger partial charge on any atom is 0.416 e. The van der Waals surface area contributed by atoms with Crippen molar-refractivity contribution < 1.29 is 32.7 Å². The topological polar surface area (TPSA) is 86.7 Å². The molecule has 3 amide bonds. The Balaban J connectivity index is 1.72. The van der Waals surface area contributed by atoms with Crippen LogP contribution in [0, 0.1) is 13.8 Å². The van der Waals surface area contributed by atoms with E-state index in [1.54, 1.807) is 26.0 Å². The standard InChI is InChI=1S/C21H17F3N2O4S/c1-11-6-13(7-12(2)18(11)28)8-16-19(29)26(20(30)31-16)10-17(27)25-15-5-3-4-14(9-15)21(22,23)24/h3-9,28H,10H2,1-2H3,(H,25,27)/b16-8-. The number of anilines is 1. The van der Waals surface area contributed by atoms with E-state index < -0.39 is 35.3 Å². The molecule has 2 aromatic carbocycles. The van der Waals surface area contributed by atoms with Gasteiger partial charge in [0.1, 0.15) is 12.3 Å². The number of benzene rings is 2. The molecule has 1 fully saturated rings. The monoisotopic (exact) mass is 450 g/mol. The Bertz CT molecular complexity index is 1090. The number of imide groups is 1. The fourth-order valence-corrected chi connectivity index (χ4v) is 3.82. The lowest BCUT2D eigenvalue weighted by Gasteiger charge is -2.13. The van der Waals surface area contributed by atoms with Crippen molar-refractivity contribution >= 4 is 40.6 Å².